The van der Waals surface area contributed by atoms with Crippen molar-refractivity contribution in [3.63, 3.8) is 0 Å². The minimum atomic E-state index is -4.67. The highest BCUT2D eigenvalue weighted by Gasteiger charge is 2.33. The first-order valence-electron chi connectivity index (χ1n) is 6.47. The summed E-state index contributed by atoms with van der Waals surface area (Å²) >= 11 is 0. The Labute approximate surface area is 133 Å². The van der Waals surface area contributed by atoms with Crippen molar-refractivity contribution in [3.05, 3.63) is 35.4 Å². The first-order valence-corrected chi connectivity index (χ1v) is 6.47. The summed E-state index contributed by atoms with van der Waals surface area (Å²) in [7, 11) is 2.77. The molecular formula is C13H12F3N5O3. The summed E-state index contributed by atoms with van der Waals surface area (Å²) in [5, 5.41) is 17.5. The highest BCUT2D eigenvalue weighted by Crippen LogP contribution is 2.32. The molecule has 2 rings (SSSR count). The van der Waals surface area contributed by atoms with Gasteiger partial charge in [0.2, 0.25) is 0 Å². The van der Waals surface area contributed by atoms with E-state index in [9.17, 15) is 22.8 Å². The van der Waals surface area contributed by atoms with Crippen molar-refractivity contribution in [2.45, 2.75) is 6.18 Å². The van der Waals surface area contributed by atoms with Crippen molar-refractivity contribution in [3.8, 4) is 0 Å². The van der Waals surface area contributed by atoms with Crippen LogP contribution >= 0.6 is 0 Å². The van der Waals surface area contributed by atoms with Gasteiger partial charge in [0.05, 0.1) is 17.6 Å². The van der Waals surface area contributed by atoms with Crippen LogP contribution in [0.15, 0.2) is 18.3 Å². The van der Waals surface area contributed by atoms with E-state index in [2.05, 4.69) is 20.7 Å². The largest absolute Gasteiger partial charge is 0.477 e. The first-order chi connectivity index (χ1) is 11.1. The number of aryl methyl sites for hydroxylation is 1. The van der Waals surface area contributed by atoms with Crippen molar-refractivity contribution in [2.24, 2.45) is 7.05 Å². The molecule has 8 nitrogen and oxygen atoms in total. The molecule has 0 aliphatic carbocycles. The Morgan fingerprint density at radius 1 is 1.25 bits per heavy atom. The zero-order valence-electron chi connectivity index (χ0n) is 12.5. The third kappa shape index (κ3) is 3.45. The molecule has 0 radical (unpaired) electrons. The van der Waals surface area contributed by atoms with Crippen LogP contribution in [0.5, 0.6) is 0 Å². The van der Waals surface area contributed by atoms with Gasteiger partial charge < -0.3 is 15.7 Å². The van der Waals surface area contributed by atoms with E-state index in [1.165, 1.54) is 14.1 Å². The first kappa shape index (κ1) is 17.2. The number of pyridine rings is 1. The highest BCUT2D eigenvalue weighted by molar-refractivity contribution is 6.05. The van der Waals surface area contributed by atoms with Crippen molar-refractivity contribution in [2.75, 3.05) is 17.7 Å². The molecule has 1 amide bonds. The Morgan fingerprint density at radius 3 is 2.42 bits per heavy atom. The minimum Gasteiger partial charge on any atom is -0.477 e. The maximum Gasteiger partial charge on any atom is 0.433 e. The number of nitrogens with one attached hydrogen (secondary N) is 2. The number of alkyl halides is 3. The number of carbonyl (C=O) groups is 2. The van der Waals surface area contributed by atoms with Crippen LogP contribution in [-0.4, -0.2) is 38.8 Å². The van der Waals surface area contributed by atoms with Crippen molar-refractivity contribution < 1.29 is 27.9 Å². The van der Waals surface area contributed by atoms with Gasteiger partial charge >= 0.3 is 12.1 Å². The topological polar surface area (TPSA) is 109 Å². The smallest absolute Gasteiger partial charge is 0.433 e. The number of carbonyl (C=O) groups excluding carboxylic acids is 1. The molecule has 0 bridgehead atoms. The van der Waals surface area contributed by atoms with Crippen LogP contribution in [0, 0.1) is 0 Å². The fraction of sp³-hybridized carbons (Fsp3) is 0.231. The van der Waals surface area contributed by atoms with Crippen LogP contribution in [0.25, 0.3) is 0 Å². The fourth-order valence-electron chi connectivity index (χ4n) is 1.88. The number of halogens is 3. The number of aromatic carboxylic acids is 1. The second kappa shape index (κ2) is 6.18. The Bertz CT molecular complexity index is 801. The van der Waals surface area contributed by atoms with Crippen LogP contribution in [0.2, 0.25) is 0 Å². The lowest BCUT2D eigenvalue weighted by molar-refractivity contribution is -0.141. The van der Waals surface area contributed by atoms with Gasteiger partial charge in [0.15, 0.2) is 5.69 Å². The van der Waals surface area contributed by atoms with E-state index < -0.39 is 23.7 Å². The standard InChI is InChI=1S/C13H12F3N5O3/c1-17-8-5-18-10(13(14,15)16)4-6(8)19-11(22)7-3-9(12(23)24)21(2)20-7/h3-5,17H,1-2H3,(H,23,24)(H,18,19,22). The Balaban J connectivity index is 2.34. The summed E-state index contributed by atoms with van der Waals surface area (Å²) in [6.07, 6.45) is -3.74. The van der Waals surface area contributed by atoms with Crippen molar-refractivity contribution in [1.82, 2.24) is 14.8 Å². The average Bonchev–Trinajstić information content (AvgIpc) is 2.88. The van der Waals surface area contributed by atoms with Gasteiger partial charge in [-0.3, -0.25) is 9.48 Å². The van der Waals surface area contributed by atoms with E-state index in [4.69, 9.17) is 5.11 Å². The summed E-state index contributed by atoms with van der Waals surface area (Å²) in [6, 6.07) is 1.69. The third-order valence-electron chi connectivity index (χ3n) is 3.04. The Morgan fingerprint density at radius 2 is 1.92 bits per heavy atom. The molecule has 24 heavy (non-hydrogen) atoms. The summed E-state index contributed by atoms with van der Waals surface area (Å²) in [5.41, 5.74) is -1.66. The zero-order chi connectivity index (χ0) is 18.1. The fourth-order valence-corrected chi connectivity index (χ4v) is 1.88. The second-order valence-corrected chi connectivity index (χ2v) is 4.66. The second-order valence-electron chi connectivity index (χ2n) is 4.66. The lowest BCUT2D eigenvalue weighted by Crippen LogP contribution is -2.16. The van der Waals surface area contributed by atoms with Crippen molar-refractivity contribution >= 4 is 23.3 Å². The SMILES string of the molecule is CNc1cnc(C(F)(F)F)cc1NC(=O)c1cc(C(=O)O)n(C)n1. The summed E-state index contributed by atoms with van der Waals surface area (Å²) in [5.74, 6) is -2.14. The van der Waals surface area contributed by atoms with Gasteiger partial charge in [0, 0.05) is 20.2 Å². The molecule has 11 heteroatoms. The van der Waals surface area contributed by atoms with Crippen LogP contribution < -0.4 is 10.6 Å². The molecule has 0 spiro atoms. The van der Waals surface area contributed by atoms with E-state index in [0.29, 0.717) is 6.07 Å². The van der Waals surface area contributed by atoms with Crippen LogP contribution in [0.4, 0.5) is 24.5 Å². The van der Waals surface area contributed by atoms with Crippen LogP contribution in [0.1, 0.15) is 26.7 Å². The van der Waals surface area contributed by atoms with E-state index >= 15 is 0 Å². The molecule has 0 aliphatic rings. The normalized spacial score (nSPS) is 11.2. The van der Waals surface area contributed by atoms with E-state index in [1.807, 2.05) is 0 Å². The number of aromatic nitrogens is 3. The molecule has 128 valence electrons. The maximum absolute atomic E-state index is 12.7. The summed E-state index contributed by atoms with van der Waals surface area (Å²) in [6.45, 7) is 0. The van der Waals surface area contributed by atoms with E-state index in [0.717, 1.165) is 16.9 Å². The number of rotatable bonds is 4. The average molecular weight is 343 g/mol. The number of anilines is 2. The molecular weight excluding hydrogens is 331 g/mol. The molecule has 0 saturated carbocycles. The number of hydrogen-bond acceptors (Lipinski definition) is 5. The number of carboxylic acid groups (broad SMARTS) is 1. The van der Waals surface area contributed by atoms with Gasteiger partial charge in [-0.2, -0.15) is 18.3 Å². The predicted octanol–water partition coefficient (Wildman–Crippen LogP) is 1.83. The van der Waals surface area contributed by atoms with Crippen molar-refractivity contribution in [1.29, 1.82) is 0 Å². The molecule has 0 unspecified atom stereocenters. The minimum absolute atomic E-state index is 0.158. The zero-order valence-corrected chi connectivity index (χ0v) is 12.5. The molecule has 3 N–H and O–H groups in total. The molecule has 2 aromatic rings. The number of hydrogen-bond donors (Lipinski definition) is 3. The van der Waals surface area contributed by atoms with Gasteiger partial charge in [-0.25, -0.2) is 9.78 Å². The third-order valence-corrected chi connectivity index (χ3v) is 3.04. The molecule has 0 saturated heterocycles. The Kier molecular flexibility index (Phi) is 4.44. The number of amides is 1. The lowest BCUT2D eigenvalue weighted by atomic mass is 10.2. The van der Waals surface area contributed by atoms with Gasteiger partial charge in [0.25, 0.3) is 5.91 Å². The molecule has 0 aliphatic heterocycles. The molecule has 0 aromatic carbocycles. The maximum atomic E-state index is 12.7. The number of carboxylic acids is 1. The lowest BCUT2D eigenvalue weighted by Gasteiger charge is -2.12. The molecule has 2 aromatic heterocycles. The quantitative estimate of drug-likeness (QED) is 0.781. The van der Waals surface area contributed by atoms with Gasteiger partial charge in [0.1, 0.15) is 11.4 Å². The molecule has 0 fully saturated rings. The molecule has 2 heterocycles. The van der Waals surface area contributed by atoms with Gasteiger partial charge in [-0.05, 0) is 6.07 Å². The Hall–Kier alpha value is -3.11. The highest BCUT2D eigenvalue weighted by atomic mass is 19.4. The van der Waals surface area contributed by atoms with Crippen LogP contribution in [0.3, 0.4) is 0 Å². The van der Waals surface area contributed by atoms with Gasteiger partial charge in [-0.15, -0.1) is 0 Å². The molecule has 0 atom stereocenters. The van der Waals surface area contributed by atoms with E-state index in [-0.39, 0.29) is 22.8 Å². The number of nitrogens with zero attached hydrogens (tertiary/aromatic N) is 3. The van der Waals surface area contributed by atoms with E-state index in [1.54, 1.807) is 0 Å². The summed E-state index contributed by atoms with van der Waals surface area (Å²) < 4.78 is 39.2. The monoisotopic (exact) mass is 343 g/mol. The van der Waals surface area contributed by atoms with Gasteiger partial charge in [-0.1, -0.05) is 0 Å². The summed E-state index contributed by atoms with van der Waals surface area (Å²) in [4.78, 5) is 26.3. The van der Waals surface area contributed by atoms with Crippen LogP contribution in [-0.2, 0) is 13.2 Å². The predicted molar refractivity (Wildman–Crippen MR) is 76.9 cm³/mol.